The Labute approximate surface area is 233 Å². The van der Waals surface area contributed by atoms with Gasteiger partial charge in [0, 0.05) is 17.7 Å². The summed E-state index contributed by atoms with van der Waals surface area (Å²) in [4.78, 5) is 15.7. The number of nitrogens with zero attached hydrogens (tertiary/aromatic N) is 2. The zero-order chi connectivity index (χ0) is 27.8. The Kier molecular flexibility index (Phi) is 6.60. The molecule has 0 spiro atoms. The monoisotopic (exact) mass is 529 g/mol. The molecule has 40 heavy (non-hydrogen) atoms. The van der Waals surface area contributed by atoms with E-state index in [9.17, 15) is 9.90 Å². The van der Waals surface area contributed by atoms with Crippen molar-refractivity contribution in [3.63, 3.8) is 0 Å². The predicted octanol–water partition coefficient (Wildman–Crippen LogP) is 7.03. The Morgan fingerprint density at radius 1 is 0.875 bits per heavy atom. The summed E-state index contributed by atoms with van der Waals surface area (Å²) in [7, 11) is 0. The lowest BCUT2D eigenvalue weighted by Gasteiger charge is -2.27. The van der Waals surface area contributed by atoms with Gasteiger partial charge in [0.1, 0.15) is 29.5 Å². The summed E-state index contributed by atoms with van der Waals surface area (Å²) >= 11 is 0. The number of phenolic OH excluding ortho intramolecular Hbond substituents is 1. The molecule has 6 rings (SSSR count). The van der Waals surface area contributed by atoms with Gasteiger partial charge in [0.2, 0.25) is 0 Å². The number of carbonyl (C=O) groups is 1. The third kappa shape index (κ3) is 4.73. The molecule has 200 valence electrons. The van der Waals surface area contributed by atoms with Gasteiger partial charge in [-0.1, -0.05) is 78.4 Å². The summed E-state index contributed by atoms with van der Waals surface area (Å²) in [5, 5.41) is 18.6. The average Bonchev–Trinajstić information content (AvgIpc) is 3.50. The fraction of sp³-hybridized carbons (Fsp3) is 0.176. The summed E-state index contributed by atoms with van der Waals surface area (Å²) in [6.45, 7) is 6.79. The van der Waals surface area contributed by atoms with Gasteiger partial charge in [0.15, 0.2) is 0 Å². The van der Waals surface area contributed by atoms with Gasteiger partial charge < -0.3 is 14.7 Å². The minimum absolute atomic E-state index is 0.126. The number of aromatic amines is 1. The van der Waals surface area contributed by atoms with Crippen LogP contribution in [0.4, 0.5) is 0 Å². The Balaban J connectivity index is 1.44. The van der Waals surface area contributed by atoms with Crippen molar-refractivity contribution in [2.75, 3.05) is 0 Å². The third-order valence-electron chi connectivity index (χ3n) is 7.46. The summed E-state index contributed by atoms with van der Waals surface area (Å²) in [6.07, 6.45) is 0. The van der Waals surface area contributed by atoms with Crippen LogP contribution in [0.5, 0.6) is 11.5 Å². The van der Waals surface area contributed by atoms with E-state index in [2.05, 4.69) is 34.5 Å². The molecular weight excluding hydrogens is 498 g/mol. The number of H-pyrrole nitrogens is 1. The molecule has 2 heterocycles. The van der Waals surface area contributed by atoms with Crippen molar-refractivity contribution in [1.29, 1.82) is 0 Å². The Morgan fingerprint density at radius 2 is 1.65 bits per heavy atom. The number of benzene rings is 4. The quantitative estimate of drug-likeness (QED) is 0.237. The van der Waals surface area contributed by atoms with Crippen LogP contribution in [-0.2, 0) is 13.2 Å². The topological polar surface area (TPSA) is 78.5 Å². The van der Waals surface area contributed by atoms with Crippen LogP contribution in [0.15, 0.2) is 91.0 Å². The summed E-state index contributed by atoms with van der Waals surface area (Å²) in [5.41, 5.74) is 8.37. The molecule has 0 aliphatic carbocycles. The Hall–Kier alpha value is -4.84. The zero-order valence-corrected chi connectivity index (χ0v) is 22.8. The Bertz CT molecular complexity index is 1690. The van der Waals surface area contributed by atoms with Crippen LogP contribution in [0.25, 0.3) is 11.3 Å². The molecule has 1 amide bonds. The summed E-state index contributed by atoms with van der Waals surface area (Å²) < 4.78 is 6.15. The maximum atomic E-state index is 13.9. The summed E-state index contributed by atoms with van der Waals surface area (Å²) in [6, 6.07) is 29.6. The number of rotatable bonds is 7. The molecule has 0 radical (unpaired) electrons. The number of ether oxygens (including phenoxy) is 1. The maximum Gasteiger partial charge on any atom is 0.273 e. The molecule has 0 fully saturated rings. The molecule has 1 atom stereocenters. The molecule has 5 aromatic rings. The molecule has 6 heteroatoms. The van der Waals surface area contributed by atoms with E-state index in [-0.39, 0.29) is 11.7 Å². The molecule has 1 unspecified atom stereocenters. The fourth-order valence-corrected chi connectivity index (χ4v) is 5.46. The largest absolute Gasteiger partial charge is 0.507 e. The van der Waals surface area contributed by atoms with Gasteiger partial charge in [-0.3, -0.25) is 9.89 Å². The van der Waals surface area contributed by atoms with Gasteiger partial charge >= 0.3 is 0 Å². The fourth-order valence-electron chi connectivity index (χ4n) is 5.46. The molecule has 1 aliphatic heterocycles. The van der Waals surface area contributed by atoms with Crippen molar-refractivity contribution in [2.24, 2.45) is 0 Å². The first-order valence-electron chi connectivity index (χ1n) is 13.4. The van der Waals surface area contributed by atoms with E-state index in [1.807, 2.05) is 92.4 Å². The van der Waals surface area contributed by atoms with Gasteiger partial charge in [-0.2, -0.15) is 5.10 Å². The van der Waals surface area contributed by atoms with Crippen molar-refractivity contribution >= 4 is 5.91 Å². The van der Waals surface area contributed by atoms with E-state index in [1.165, 1.54) is 5.56 Å². The lowest BCUT2D eigenvalue weighted by atomic mass is 9.94. The number of fused-ring (bicyclic) bond motifs is 1. The van der Waals surface area contributed by atoms with Crippen molar-refractivity contribution in [3.05, 3.63) is 136 Å². The number of hydrogen-bond donors (Lipinski definition) is 2. The molecule has 0 bridgehead atoms. The van der Waals surface area contributed by atoms with Crippen LogP contribution in [0.2, 0.25) is 0 Å². The van der Waals surface area contributed by atoms with E-state index in [1.54, 1.807) is 0 Å². The molecule has 6 nitrogen and oxygen atoms in total. The van der Waals surface area contributed by atoms with Crippen LogP contribution in [0, 0.1) is 20.8 Å². The number of hydrogen-bond acceptors (Lipinski definition) is 4. The van der Waals surface area contributed by atoms with Crippen LogP contribution < -0.4 is 4.74 Å². The van der Waals surface area contributed by atoms with Crippen molar-refractivity contribution in [3.8, 4) is 22.8 Å². The Morgan fingerprint density at radius 3 is 2.42 bits per heavy atom. The number of amides is 1. The number of aromatic nitrogens is 2. The highest BCUT2D eigenvalue weighted by atomic mass is 16.5. The summed E-state index contributed by atoms with van der Waals surface area (Å²) in [5.74, 6) is 0.763. The number of phenols is 1. The van der Waals surface area contributed by atoms with Crippen LogP contribution in [-0.4, -0.2) is 26.1 Å². The van der Waals surface area contributed by atoms with Gasteiger partial charge in [0.25, 0.3) is 5.91 Å². The van der Waals surface area contributed by atoms with E-state index < -0.39 is 6.04 Å². The van der Waals surface area contributed by atoms with Crippen LogP contribution >= 0.6 is 0 Å². The number of carbonyl (C=O) groups excluding carboxylic acids is 1. The molecule has 2 N–H and O–H groups in total. The predicted molar refractivity (Wildman–Crippen MR) is 155 cm³/mol. The first-order valence-corrected chi connectivity index (χ1v) is 13.4. The number of aromatic hydroxyl groups is 1. The lowest BCUT2D eigenvalue weighted by Crippen LogP contribution is -2.29. The molecular formula is C34H31N3O3. The van der Waals surface area contributed by atoms with Crippen molar-refractivity contribution < 1.29 is 14.6 Å². The number of nitrogens with one attached hydrogen (secondary N) is 1. The van der Waals surface area contributed by atoms with Crippen LogP contribution in [0.3, 0.4) is 0 Å². The lowest BCUT2D eigenvalue weighted by molar-refractivity contribution is 0.0730. The molecule has 0 saturated carbocycles. The molecule has 1 aromatic heterocycles. The standard InChI is InChI=1S/C34H31N3O3/c1-21-12-14-24(15-13-21)19-37-32(26-10-7-11-27(18-26)40-20-25-8-5-4-6-9-25)29-30(35-36-31(29)34(37)39)28-17-22(2)16-23(3)33(28)38/h4-18,32,38H,19-20H2,1-3H3,(H,35,36). The van der Waals surface area contributed by atoms with E-state index in [0.717, 1.165) is 39.1 Å². The molecule has 1 aliphatic rings. The van der Waals surface area contributed by atoms with Crippen LogP contribution in [0.1, 0.15) is 55.5 Å². The smallest absolute Gasteiger partial charge is 0.273 e. The average molecular weight is 530 g/mol. The normalized spacial score (nSPS) is 14.4. The van der Waals surface area contributed by atoms with Gasteiger partial charge in [-0.15, -0.1) is 0 Å². The first kappa shape index (κ1) is 25.4. The minimum atomic E-state index is -0.418. The highest BCUT2D eigenvalue weighted by molar-refractivity contribution is 6.00. The third-order valence-corrected chi connectivity index (χ3v) is 7.46. The van der Waals surface area contributed by atoms with Crippen molar-refractivity contribution in [2.45, 2.75) is 40.0 Å². The number of aryl methyl sites for hydroxylation is 3. The maximum absolute atomic E-state index is 13.9. The highest BCUT2D eigenvalue weighted by Crippen LogP contribution is 2.46. The zero-order valence-electron chi connectivity index (χ0n) is 22.8. The minimum Gasteiger partial charge on any atom is -0.507 e. The molecule has 4 aromatic carbocycles. The highest BCUT2D eigenvalue weighted by Gasteiger charge is 2.42. The second-order valence-electron chi connectivity index (χ2n) is 10.5. The first-order chi connectivity index (χ1) is 19.4. The van der Waals surface area contributed by atoms with Gasteiger partial charge in [0.05, 0.1) is 6.04 Å². The van der Waals surface area contributed by atoms with E-state index >= 15 is 0 Å². The second kappa shape index (κ2) is 10.4. The SMILES string of the molecule is Cc1ccc(CN2C(=O)c3[nH]nc(-c4cc(C)cc(C)c4O)c3C2c2cccc(OCc3ccccc3)c2)cc1. The van der Waals surface area contributed by atoms with E-state index in [4.69, 9.17) is 4.74 Å². The second-order valence-corrected chi connectivity index (χ2v) is 10.5. The van der Waals surface area contributed by atoms with Crippen molar-refractivity contribution in [1.82, 2.24) is 15.1 Å². The van der Waals surface area contributed by atoms with Gasteiger partial charge in [-0.05, 0) is 66.8 Å². The van der Waals surface area contributed by atoms with Gasteiger partial charge in [-0.25, -0.2) is 0 Å². The van der Waals surface area contributed by atoms with E-state index in [0.29, 0.717) is 30.1 Å². The molecule has 0 saturated heterocycles.